The first-order chi connectivity index (χ1) is 8.06. The Morgan fingerprint density at radius 2 is 2.24 bits per heavy atom. The summed E-state index contributed by atoms with van der Waals surface area (Å²) >= 11 is 0. The lowest BCUT2D eigenvalue weighted by Crippen LogP contribution is -2.29. The first-order valence-electron chi connectivity index (χ1n) is 5.38. The number of esters is 1. The molecular formula is C11H16N2O4. The van der Waals surface area contributed by atoms with Crippen LogP contribution in [0.3, 0.4) is 0 Å². The van der Waals surface area contributed by atoms with E-state index < -0.39 is 0 Å². The molecule has 0 N–H and O–H groups in total. The molecule has 6 heteroatoms. The van der Waals surface area contributed by atoms with Gasteiger partial charge in [-0.3, -0.25) is 9.59 Å². The van der Waals surface area contributed by atoms with Crippen molar-refractivity contribution in [3.05, 3.63) is 17.5 Å². The Morgan fingerprint density at radius 1 is 1.53 bits per heavy atom. The van der Waals surface area contributed by atoms with Crippen LogP contribution in [0.4, 0.5) is 0 Å². The van der Waals surface area contributed by atoms with Crippen LogP contribution in [-0.4, -0.2) is 42.1 Å². The summed E-state index contributed by atoms with van der Waals surface area (Å²) in [6.45, 7) is 4.07. The molecule has 0 saturated heterocycles. The van der Waals surface area contributed by atoms with E-state index in [1.54, 1.807) is 20.9 Å². The Kier molecular flexibility index (Phi) is 4.68. The van der Waals surface area contributed by atoms with Gasteiger partial charge in [0.05, 0.1) is 19.2 Å². The van der Waals surface area contributed by atoms with Gasteiger partial charge in [-0.05, 0) is 13.8 Å². The van der Waals surface area contributed by atoms with E-state index in [9.17, 15) is 9.59 Å². The molecule has 0 bridgehead atoms. The van der Waals surface area contributed by atoms with Crippen molar-refractivity contribution >= 4 is 11.9 Å². The molecule has 0 aliphatic carbocycles. The number of carbonyl (C=O) groups excluding carboxylic acids is 2. The summed E-state index contributed by atoms with van der Waals surface area (Å²) < 4.78 is 9.59. The monoisotopic (exact) mass is 240 g/mol. The Hall–Kier alpha value is -1.85. The van der Waals surface area contributed by atoms with Crippen LogP contribution in [0.25, 0.3) is 0 Å². The Bertz CT molecular complexity index is 400. The second kappa shape index (κ2) is 6.03. The molecule has 1 aromatic heterocycles. The molecule has 0 fully saturated rings. The van der Waals surface area contributed by atoms with Crippen LogP contribution in [-0.2, 0) is 9.53 Å². The molecule has 94 valence electrons. The van der Waals surface area contributed by atoms with Crippen LogP contribution in [0.15, 0.2) is 10.7 Å². The fourth-order valence-corrected chi connectivity index (χ4v) is 1.30. The number of amides is 1. The number of rotatable bonds is 5. The van der Waals surface area contributed by atoms with E-state index in [4.69, 9.17) is 9.26 Å². The molecule has 1 amide bonds. The Labute approximate surface area is 99.5 Å². The van der Waals surface area contributed by atoms with Gasteiger partial charge >= 0.3 is 5.97 Å². The van der Waals surface area contributed by atoms with Gasteiger partial charge in [0, 0.05) is 13.6 Å². The zero-order valence-electron chi connectivity index (χ0n) is 10.2. The van der Waals surface area contributed by atoms with Gasteiger partial charge in [0.15, 0.2) is 0 Å². The molecule has 0 aliphatic rings. The van der Waals surface area contributed by atoms with Gasteiger partial charge in [-0.1, -0.05) is 5.16 Å². The molecule has 17 heavy (non-hydrogen) atoms. The predicted octanol–water partition coefficient (Wildman–Crippen LogP) is 1.01. The summed E-state index contributed by atoms with van der Waals surface area (Å²) in [6.07, 6.45) is 1.55. The molecule has 0 saturated carbocycles. The highest BCUT2D eigenvalue weighted by Gasteiger charge is 2.17. The number of hydrogen-bond donors (Lipinski definition) is 0. The zero-order valence-corrected chi connectivity index (χ0v) is 10.2. The molecule has 0 aliphatic heterocycles. The summed E-state index contributed by atoms with van der Waals surface area (Å²) in [7, 11) is 1.62. The van der Waals surface area contributed by atoms with Crippen LogP contribution in [0.5, 0.6) is 0 Å². The minimum atomic E-state index is -0.311. The van der Waals surface area contributed by atoms with E-state index >= 15 is 0 Å². The van der Waals surface area contributed by atoms with Crippen molar-refractivity contribution in [3.8, 4) is 0 Å². The van der Waals surface area contributed by atoms with E-state index in [2.05, 4.69) is 5.16 Å². The van der Waals surface area contributed by atoms with Gasteiger partial charge < -0.3 is 14.2 Å². The van der Waals surface area contributed by atoms with E-state index in [0.29, 0.717) is 24.5 Å². The van der Waals surface area contributed by atoms with Crippen molar-refractivity contribution in [3.63, 3.8) is 0 Å². The van der Waals surface area contributed by atoms with Crippen LogP contribution < -0.4 is 0 Å². The molecule has 0 atom stereocenters. The molecular weight excluding hydrogens is 224 g/mol. The summed E-state index contributed by atoms with van der Waals surface area (Å²) in [5, 5.41) is 3.54. The zero-order chi connectivity index (χ0) is 12.8. The molecule has 0 aromatic carbocycles. The summed E-state index contributed by atoms with van der Waals surface area (Å²) in [5.41, 5.74) is 0.413. The molecule has 0 radical (unpaired) electrons. The minimum Gasteiger partial charge on any atom is -0.466 e. The van der Waals surface area contributed by atoms with E-state index in [1.165, 1.54) is 11.1 Å². The maximum atomic E-state index is 11.9. The fourth-order valence-electron chi connectivity index (χ4n) is 1.30. The molecule has 0 unspecified atom stereocenters. The van der Waals surface area contributed by atoms with Gasteiger partial charge in [0.25, 0.3) is 5.91 Å². The number of ether oxygens (including phenoxy) is 1. The van der Waals surface area contributed by atoms with Gasteiger partial charge in [-0.15, -0.1) is 0 Å². The minimum absolute atomic E-state index is 0.181. The highest BCUT2D eigenvalue weighted by Crippen LogP contribution is 2.09. The number of carbonyl (C=O) groups is 2. The first kappa shape index (κ1) is 13.2. The maximum absolute atomic E-state index is 11.9. The topological polar surface area (TPSA) is 72.6 Å². The normalized spacial score (nSPS) is 10.1. The number of aryl methyl sites for hydroxylation is 1. The first-order valence-corrected chi connectivity index (χ1v) is 5.38. The third kappa shape index (κ3) is 3.58. The average Bonchev–Trinajstić information content (AvgIpc) is 2.71. The molecule has 6 nitrogen and oxygen atoms in total. The fraction of sp³-hybridized carbons (Fsp3) is 0.545. The Morgan fingerprint density at radius 3 is 2.76 bits per heavy atom. The second-order valence-corrected chi connectivity index (χ2v) is 3.58. The third-order valence-corrected chi connectivity index (χ3v) is 2.28. The van der Waals surface area contributed by atoms with Crippen molar-refractivity contribution in [2.75, 3.05) is 20.2 Å². The average molecular weight is 240 g/mol. The lowest BCUT2D eigenvalue weighted by atomic mass is 10.2. The van der Waals surface area contributed by atoms with E-state index in [0.717, 1.165) is 0 Å². The van der Waals surface area contributed by atoms with E-state index in [-0.39, 0.29) is 18.3 Å². The lowest BCUT2D eigenvalue weighted by molar-refractivity contribution is -0.143. The van der Waals surface area contributed by atoms with Crippen LogP contribution in [0, 0.1) is 6.92 Å². The molecule has 1 aromatic rings. The summed E-state index contributed by atoms with van der Waals surface area (Å²) in [5.74, 6) is -0.0553. The Balaban J connectivity index is 2.48. The largest absolute Gasteiger partial charge is 0.466 e. The van der Waals surface area contributed by atoms with Gasteiger partial charge in [0.2, 0.25) is 0 Å². The van der Waals surface area contributed by atoms with Gasteiger partial charge in [-0.25, -0.2) is 0 Å². The van der Waals surface area contributed by atoms with Gasteiger partial charge in [0.1, 0.15) is 11.3 Å². The van der Waals surface area contributed by atoms with Crippen LogP contribution in [0.2, 0.25) is 0 Å². The molecule has 0 spiro atoms. The summed E-state index contributed by atoms with van der Waals surface area (Å²) in [6, 6.07) is 0. The molecule has 1 heterocycles. The highest BCUT2D eigenvalue weighted by atomic mass is 16.5. The highest BCUT2D eigenvalue weighted by molar-refractivity contribution is 5.94. The lowest BCUT2D eigenvalue weighted by Gasteiger charge is -2.15. The van der Waals surface area contributed by atoms with Crippen molar-refractivity contribution in [2.45, 2.75) is 20.3 Å². The maximum Gasteiger partial charge on any atom is 0.307 e. The smallest absolute Gasteiger partial charge is 0.307 e. The van der Waals surface area contributed by atoms with Gasteiger partial charge in [-0.2, -0.15) is 0 Å². The quantitative estimate of drug-likeness (QED) is 0.718. The predicted molar refractivity (Wildman–Crippen MR) is 59.5 cm³/mol. The van der Waals surface area contributed by atoms with Crippen molar-refractivity contribution in [1.29, 1.82) is 0 Å². The van der Waals surface area contributed by atoms with Crippen LogP contribution in [0.1, 0.15) is 29.5 Å². The summed E-state index contributed by atoms with van der Waals surface area (Å²) in [4.78, 5) is 24.4. The van der Waals surface area contributed by atoms with Crippen molar-refractivity contribution in [2.24, 2.45) is 0 Å². The number of aromatic nitrogens is 1. The van der Waals surface area contributed by atoms with Crippen molar-refractivity contribution < 1.29 is 18.8 Å². The number of nitrogens with zero attached hydrogens (tertiary/aromatic N) is 2. The van der Waals surface area contributed by atoms with E-state index in [1.807, 2.05) is 0 Å². The molecule has 1 rings (SSSR count). The standard InChI is InChI=1S/C11H16N2O4/c1-4-16-10(14)5-6-13(3)11(15)9-7-12-17-8(9)2/h7H,4-6H2,1-3H3. The third-order valence-electron chi connectivity index (χ3n) is 2.28. The SMILES string of the molecule is CCOC(=O)CCN(C)C(=O)c1cnoc1C. The number of hydrogen-bond acceptors (Lipinski definition) is 5. The second-order valence-electron chi connectivity index (χ2n) is 3.58. The van der Waals surface area contributed by atoms with Crippen molar-refractivity contribution in [1.82, 2.24) is 10.1 Å². The van der Waals surface area contributed by atoms with Crippen LogP contribution >= 0.6 is 0 Å².